The molecule has 0 aromatic heterocycles. The smallest absolute Gasteiger partial charge is 0.407 e. The number of benzene rings is 1. The number of ether oxygens (including phenoxy) is 2. The average molecular weight is 478 g/mol. The summed E-state index contributed by atoms with van der Waals surface area (Å²) >= 11 is 0. The molecule has 1 rings (SSSR count). The van der Waals surface area contributed by atoms with Crippen molar-refractivity contribution in [2.24, 2.45) is 4.99 Å². The van der Waals surface area contributed by atoms with Crippen molar-refractivity contribution in [2.45, 2.75) is 33.0 Å². The molecule has 3 N–H and O–H groups in total. The lowest BCUT2D eigenvalue weighted by molar-refractivity contribution is 0.0529. The molecule has 0 spiro atoms. The summed E-state index contributed by atoms with van der Waals surface area (Å²) in [6, 6.07) is 10.0. The lowest BCUT2D eigenvalue weighted by Gasteiger charge is -2.19. The van der Waals surface area contributed by atoms with E-state index < -0.39 is 11.7 Å². The van der Waals surface area contributed by atoms with Gasteiger partial charge in [0.25, 0.3) is 0 Å². The van der Waals surface area contributed by atoms with Crippen LogP contribution in [-0.2, 0) is 16.1 Å². The van der Waals surface area contributed by atoms with Crippen molar-refractivity contribution in [1.29, 1.82) is 0 Å². The first kappa shape index (κ1) is 24.5. The zero-order chi connectivity index (χ0) is 18.5. The molecule has 26 heavy (non-hydrogen) atoms. The van der Waals surface area contributed by atoms with Crippen LogP contribution in [0.5, 0.6) is 0 Å². The van der Waals surface area contributed by atoms with Crippen LogP contribution in [0.2, 0.25) is 0 Å². The normalized spacial score (nSPS) is 11.3. The van der Waals surface area contributed by atoms with E-state index in [1.807, 2.05) is 51.1 Å². The molecular formula is C18H31IN4O3. The van der Waals surface area contributed by atoms with Crippen LogP contribution in [0.1, 0.15) is 26.3 Å². The second kappa shape index (κ2) is 13.6. The molecular weight excluding hydrogens is 447 g/mol. The molecule has 1 aromatic rings. The molecule has 0 atom stereocenters. The molecule has 1 aromatic carbocycles. The maximum absolute atomic E-state index is 11.5. The minimum Gasteiger partial charge on any atom is -0.444 e. The number of aliphatic imine (C=N–C) groups is 1. The van der Waals surface area contributed by atoms with Crippen LogP contribution in [0.15, 0.2) is 35.3 Å². The highest BCUT2D eigenvalue weighted by atomic mass is 127. The molecule has 0 aliphatic rings. The number of halogens is 1. The van der Waals surface area contributed by atoms with Gasteiger partial charge in [-0.05, 0) is 26.3 Å². The number of guanidine groups is 1. The quantitative estimate of drug-likeness (QED) is 0.232. The molecule has 8 heteroatoms. The molecule has 7 nitrogen and oxygen atoms in total. The fourth-order valence-electron chi connectivity index (χ4n) is 1.89. The molecule has 0 aliphatic heterocycles. The Bertz CT molecular complexity index is 533. The number of rotatable bonds is 8. The summed E-state index contributed by atoms with van der Waals surface area (Å²) in [5.74, 6) is 0.661. The fourth-order valence-corrected chi connectivity index (χ4v) is 1.89. The predicted octanol–water partition coefficient (Wildman–Crippen LogP) is 2.51. The van der Waals surface area contributed by atoms with Gasteiger partial charge < -0.3 is 25.4 Å². The molecule has 0 heterocycles. The Balaban J connectivity index is 0.00000625. The van der Waals surface area contributed by atoms with Crippen LogP contribution < -0.4 is 16.0 Å². The van der Waals surface area contributed by atoms with Crippen LogP contribution >= 0.6 is 24.0 Å². The Morgan fingerprint density at radius 1 is 1.04 bits per heavy atom. The lowest BCUT2D eigenvalue weighted by Crippen LogP contribution is -2.43. The van der Waals surface area contributed by atoms with E-state index >= 15 is 0 Å². The van der Waals surface area contributed by atoms with Crippen LogP contribution in [0, 0.1) is 0 Å². The van der Waals surface area contributed by atoms with Gasteiger partial charge in [0, 0.05) is 26.7 Å². The molecule has 0 unspecified atom stereocenters. The summed E-state index contributed by atoms with van der Waals surface area (Å²) in [5.41, 5.74) is 0.660. The molecule has 0 saturated carbocycles. The number of alkyl carbamates (subject to hydrolysis) is 1. The van der Waals surface area contributed by atoms with Crippen molar-refractivity contribution in [3.63, 3.8) is 0 Å². The van der Waals surface area contributed by atoms with Crippen molar-refractivity contribution in [1.82, 2.24) is 16.0 Å². The van der Waals surface area contributed by atoms with Gasteiger partial charge in [-0.3, -0.25) is 4.99 Å². The highest BCUT2D eigenvalue weighted by molar-refractivity contribution is 14.0. The van der Waals surface area contributed by atoms with Gasteiger partial charge in [-0.25, -0.2) is 4.79 Å². The first-order valence-corrected chi connectivity index (χ1v) is 8.44. The van der Waals surface area contributed by atoms with Crippen molar-refractivity contribution >= 4 is 36.0 Å². The number of hydrogen-bond acceptors (Lipinski definition) is 4. The van der Waals surface area contributed by atoms with E-state index in [0.29, 0.717) is 38.8 Å². The van der Waals surface area contributed by atoms with Crippen molar-refractivity contribution < 1.29 is 14.3 Å². The van der Waals surface area contributed by atoms with Gasteiger partial charge in [0.05, 0.1) is 13.2 Å². The molecule has 1 amide bonds. The van der Waals surface area contributed by atoms with Gasteiger partial charge in [0.15, 0.2) is 5.96 Å². The van der Waals surface area contributed by atoms with Crippen LogP contribution in [-0.4, -0.2) is 50.9 Å². The number of carbonyl (C=O) groups excluding carboxylic acids is 1. The van der Waals surface area contributed by atoms with E-state index in [2.05, 4.69) is 20.9 Å². The van der Waals surface area contributed by atoms with Gasteiger partial charge >= 0.3 is 6.09 Å². The van der Waals surface area contributed by atoms with Gasteiger partial charge in [-0.15, -0.1) is 24.0 Å². The summed E-state index contributed by atoms with van der Waals surface area (Å²) in [5, 5.41) is 8.94. The van der Waals surface area contributed by atoms with E-state index in [4.69, 9.17) is 9.47 Å². The Kier molecular flexibility index (Phi) is 12.8. The third-order valence-electron chi connectivity index (χ3n) is 2.96. The van der Waals surface area contributed by atoms with Crippen LogP contribution in [0.25, 0.3) is 0 Å². The Hall–Kier alpha value is -1.55. The minimum absolute atomic E-state index is 0. The summed E-state index contributed by atoms with van der Waals surface area (Å²) in [7, 11) is 1.70. The molecule has 0 radical (unpaired) electrons. The largest absolute Gasteiger partial charge is 0.444 e. The molecule has 0 bridgehead atoms. The second-order valence-corrected chi connectivity index (χ2v) is 6.39. The first-order chi connectivity index (χ1) is 11.9. The van der Waals surface area contributed by atoms with Crippen LogP contribution in [0.4, 0.5) is 4.79 Å². The van der Waals surface area contributed by atoms with Crippen LogP contribution in [0.3, 0.4) is 0 Å². The van der Waals surface area contributed by atoms with Gasteiger partial charge in [0.1, 0.15) is 5.60 Å². The van der Waals surface area contributed by atoms with E-state index in [1.165, 1.54) is 0 Å². The number of nitrogens with zero attached hydrogens (tertiary/aromatic N) is 1. The first-order valence-electron chi connectivity index (χ1n) is 8.44. The lowest BCUT2D eigenvalue weighted by atomic mass is 10.2. The topological polar surface area (TPSA) is 84.0 Å². The highest BCUT2D eigenvalue weighted by Gasteiger charge is 2.15. The molecule has 0 saturated heterocycles. The van der Waals surface area contributed by atoms with Crippen molar-refractivity contribution in [2.75, 3.05) is 33.3 Å². The monoisotopic (exact) mass is 478 g/mol. The predicted molar refractivity (Wildman–Crippen MR) is 115 cm³/mol. The third-order valence-corrected chi connectivity index (χ3v) is 2.96. The average Bonchev–Trinajstić information content (AvgIpc) is 2.55. The highest BCUT2D eigenvalue weighted by Crippen LogP contribution is 2.05. The molecule has 148 valence electrons. The zero-order valence-electron chi connectivity index (χ0n) is 16.0. The Labute approximate surface area is 173 Å². The molecule has 0 aliphatic carbocycles. The SMILES string of the molecule is CN=C(NCCNC(=O)OC(C)(C)C)NCCOCc1ccccc1.I. The number of nitrogens with one attached hydrogen (secondary N) is 3. The van der Waals surface area contributed by atoms with E-state index in [0.717, 1.165) is 5.56 Å². The zero-order valence-corrected chi connectivity index (χ0v) is 18.3. The second-order valence-electron chi connectivity index (χ2n) is 6.39. The van der Waals surface area contributed by atoms with E-state index in [-0.39, 0.29) is 24.0 Å². The fraction of sp³-hybridized carbons (Fsp3) is 0.556. The number of carbonyl (C=O) groups is 1. The maximum atomic E-state index is 11.5. The van der Waals surface area contributed by atoms with Crippen molar-refractivity contribution in [3.05, 3.63) is 35.9 Å². The summed E-state index contributed by atoms with van der Waals surface area (Å²) in [6.07, 6.45) is -0.424. The van der Waals surface area contributed by atoms with E-state index in [9.17, 15) is 4.79 Å². The maximum Gasteiger partial charge on any atom is 0.407 e. The van der Waals surface area contributed by atoms with Gasteiger partial charge in [-0.1, -0.05) is 30.3 Å². The minimum atomic E-state index is -0.491. The standard InChI is InChI=1S/C18H30N4O3.HI/c1-18(2,3)25-17(23)22-11-10-20-16(19-4)21-12-13-24-14-15-8-6-5-7-9-15;/h5-9H,10-14H2,1-4H3,(H,22,23)(H2,19,20,21);1H. The van der Waals surface area contributed by atoms with Gasteiger partial charge in [0.2, 0.25) is 0 Å². The third kappa shape index (κ3) is 12.8. The summed E-state index contributed by atoms with van der Waals surface area (Å²) in [4.78, 5) is 15.6. The number of hydrogen-bond donors (Lipinski definition) is 3. The van der Waals surface area contributed by atoms with Crippen molar-refractivity contribution in [3.8, 4) is 0 Å². The molecule has 0 fully saturated rings. The summed E-state index contributed by atoms with van der Waals surface area (Å²) < 4.78 is 10.8. The summed E-state index contributed by atoms with van der Waals surface area (Å²) in [6.45, 7) is 8.29. The Morgan fingerprint density at radius 3 is 2.27 bits per heavy atom. The van der Waals surface area contributed by atoms with E-state index in [1.54, 1.807) is 7.05 Å². The Morgan fingerprint density at radius 2 is 1.65 bits per heavy atom. The number of amides is 1. The van der Waals surface area contributed by atoms with Gasteiger partial charge in [-0.2, -0.15) is 0 Å².